The van der Waals surface area contributed by atoms with Crippen LogP contribution in [0, 0.1) is 18.3 Å². The second-order valence-electron chi connectivity index (χ2n) is 4.63. The maximum atomic E-state index is 8.95. The Kier molecular flexibility index (Phi) is 2.56. The van der Waals surface area contributed by atoms with E-state index in [4.69, 9.17) is 5.26 Å². The molecular weight excluding hydrogens is 222 g/mol. The summed E-state index contributed by atoms with van der Waals surface area (Å²) in [6.07, 6.45) is 3.57. The topological polar surface area (TPSA) is 49.6 Å². The fourth-order valence-electron chi connectivity index (χ4n) is 2.50. The molecule has 0 spiro atoms. The number of hydrogen-bond donors (Lipinski definition) is 0. The maximum Gasteiger partial charge on any atom is 0.144 e. The minimum atomic E-state index is 0.429. The first-order valence-corrected chi connectivity index (χ1v) is 6.14. The van der Waals surface area contributed by atoms with Crippen LogP contribution in [0.15, 0.2) is 24.3 Å². The lowest BCUT2D eigenvalue weighted by molar-refractivity contribution is 0.912. The van der Waals surface area contributed by atoms with Gasteiger partial charge in [0, 0.05) is 11.6 Å². The lowest BCUT2D eigenvalue weighted by atomic mass is 10.0. The van der Waals surface area contributed by atoms with Gasteiger partial charge in [-0.1, -0.05) is 12.1 Å². The molecule has 0 saturated carbocycles. The van der Waals surface area contributed by atoms with Crippen molar-refractivity contribution in [2.45, 2.75) is 26.2 Å². The van der Waals surface area contributed by atoms with Crippen LogP contribution in [0.3, 0.4) is 0 Å². The zero-order valence-electron chi connectivity index (χ0n) is 10.3. The Balaban J connectivity index is 2.10. The number of rotatable bonds is 1. The largest absolute Gasteiger partial charge is 0.233 e. The van der Waals surface area contributed by atoms with Crippen LogP contribution in [0.5, 0.6) is 0 Å². The Morgan fingerprint density at radius 2 is 1.94 bits per heavy atom. The third-order valence-electron chi connectivity index (χ3n) is 3.35. The van der Waals surface area contributed by atoms with Gasteiger partial charge in [0.2, 0.25) is 0 Å². The molecule has 0 fully saturated rings. The summed E-state index contributed by atoms with van der Waals surface area (Å²) in [5.41, 5.74) is 5.22. The van der Waals surface area contributed by atoms with Gasteiger partial charge in [0.1, 0.15) is 17.6 Å². The molecule has 1 aliphatic carbocycles. The second kappa shape index (κ2) is 4.23. The van der Waals surface area contributed by atoms with Crippen molar-refractivity contribution in [3.05, 3.63) is 46.9 Å². The molecule has 1 aromatic heterocycles. The summed E-state index contributed by atoms with van der Waals surface area (Å²) < 4.78 is 0. The summed E-state index contributed by atoms with van der Waals surface area (Å²) in [4.78, 5) is 8.49. The molecule has 0 bridgehead atoms. The van der Waals surface area contributed by atoms with Gasteiger partial charge in [-0.2, -0.15) is 5.26 Å². The fraction of sp³-hybridized carbons (Fsp3) is 0.267. The molecule has 1 aromatic carbocycles. The van der Waals surface area contributed by atoms with E-state index in [0.717, 1.165) is 17.7 Å². The van der Waals surface area contributed by atoms with Crippen LogP contribution < -0.4 is 0 Å². The van der Waals surface area contributed by atoms with Gasteiger partial charge >= 0.3 is 0 Å². The van der Waals surface area contributed by atoms with Crippen molar-refractivity contribution < 1.29 is 0 Å². The summed E-state index contributed by atoms with van der Waals surface area (Å²) >= 11 is 0. The predicted molar refractivity (Wildman–Crippen MR) is 68.9 cm³/mol. The second-order valence-corrected chi connectivity index (χ2v) is 4.63. The Bertz CT molecular complexity index is 653. The molecule has 0 saturated heterocycles. The third-order valence-corrected chi connectivity index (χ3v) is 3.35. The van der Waals surface area contributed by atoms with E-state index >= 15 is 0 Å². The smallest absolute Gasteiger partial charge is 0.144 e. The van der Waals surface area contributed by atoms with Crippen molar-refractivity contribution in [1.82, 2.24) is 9.97 Å². The minimum Gasteiger partial charge on any atom is -0.233 e. The third kappa shape index (κ3) is 1.86. The van der Waals surface area contributed by atoms with E-state index in [1.807, 2.05) is 6.92 Å². The minimum absolute atomic E-state index is 0.429. The summed E-state index contributed by atoms with van der Waals surface area (Å²) in [6.45, 7) is 1.82. The number of hydrogen-bond acceptors (Lipinski definition) is 3. The molecule has 0 aliphatic heterocycles. The monoisotopic (exact) mass is 235 g/mol. The SMILES string of the molecule is Cc1nc(C#N)cc(-c2ccc3c(c2)CCC3)n1. The number of benzene rings is 1. The highest BCUT2D eigenvalue weighted by Crippen LogP contribution is 2.27. The molecule has 1 heterocycles. The van der Waals surface area contributed by atoms with Gasteiger partial charge in [0.15, 0.2) is 0 Å². The molecule has 0 radical (unpaired) electrons. The highest BCUT2D eigenvalue weighted by Gasteiger charge is 2.12. The number of nitrogens with zero attached hydrogens (tertiary/aromatic N) is 3. The maximum absolute atomic E-state index is 8.95. The van der Waals surface area contributed by atoms with E-state index in [2.05, 4.69) is 34.2 Å². The van der Waals surface area contributed by atoms with Crippen LogP contribution in [0.1, 0.15) is 29.1 Å². The van der Waals surface area contributed by atoms with E-state index in [9.17, 15) is 0 Å². The Morgan fingerprint density at radius 3 is 2.78 bits per heavy atom. The lowest BCUT2D eigenvalue weighted by Crippen LogP contribution is -1.95. The molecule has 0 atom stereocenters. The molecule has 18 heavy (non-hydrogen) atoms. The van der Waals surface area contributed by atoms with Gasteiger partial charge in [-0.15, -0.1) is 0 Å². The highest BCUT2D eigenvalue weighted by molar-refractivity contribution is 5.62. The molecule has 2 aromatic rings. The van der Waals surface area contributed by atoms with Gasteiger partial charge in [-0.3, -0.25) is 0 Å². The first-order valence-electron chi connectivity index (χ1n) is 6.14. The predicted octanol–water partition coefficient (Wildman–Crippen LogP) is 2.81. The van der Waals surface area contributed by atoms with Gasteiger partial charge < -0.3 is 0 Å². The number of nitriles is 1. The summed E-state index contributed by atoms with van der Waals surface area (Å²) in [5, 5.41) is 8.95. The zero-order valence-corrected chi connectivity index (χ0v) is 10.3. The molecule has 3 nitrogen and oxygen atoms in total. The fourth-order valence-corrected chi connectivity index (χ4v) is 2.50. The van der Waals surface area contributed by atoms with Crippen molar-refractivity contribution in [1.29, 1.82) is 5.26 Å². The number of aromatic nitrogens is 2. The lowest BCUT2D eigenvalue weighted by Gasteiger charge is -2.05. The van der Waals surface area contributed by atoms with Crippen molar-refractivity contribution >= 4 is 0 Å². The first kappa shape index (κ1) is 10.9. The molecule has 0 amide bonds. The van der Waals surface area contributed by atoms with E-state index in [1.54, 1.807) is 6.07 Å². The van der Waals surface area contributed by atoms with Crippen LogP contribution in [-0.2, 0) is 12.8 Å². The van der Waals surface area contributed by atoms with Gasteiger partial charge in [-0.25, -0.2) is 9.97 Å². The average Bonchev–Trinajstić information content (AvgIpc) is 2.85. The average molecular weight is 235 g/mol. The van der Waals surface area contributed by atoms with Gasteiger partial charge in [0.25, 0.3) is 0 Å². The van der Waals surface area contributed by atoms with Crippen molar-refractivity contribution in [3.8, 4) is 17.3 Å². The van der Waals surface area contributed by atoms with E-state index < -0.39 is 0 Å². The van der Waals surface area contributed by atoms with E-state index in [1.165, 1.54) is 24.0 Å². The van der Waals surface area contributed by atoms with Crippen molar-refractivity contribution in [3.63, 3.8) is 0 Å². The first-order chi connectivity index (χ1) is 8.76. The molecule has 0 unspecified atom stereocenters. The zero-order chi connectivity index (χ0) is 12.5. The van der Waals surface area contributed by atoms with Crippen LogP contribution in [-0.4, -0.2) is 9.97 Å². The van der Waals surface area contributed by atoms with Crippen molar-refractivity contribution in [2.24, 2.45) is 0 Å². The number of aryl methyl sites for hydroxylation is 3. The van der Waals surface area contributed by atoms with Crippen LogP contribution in [0.2, 0.25) is 0 Å². The van der Waals surface area contributed by atoms with Crippen LogP contribution in [0.4, 0.5) is 0 Å². The summed E-state index contributed by atoms with van der Waals surface area (Å²) in [7, 11) is 0. The molecule has 3 rings (SSSR count). The Morgan fingerprint density at radius 1 is 1.11 bits per heavy atom. The molecule has 88 valence electrons. The molecular formula is C15H13N3. The van der Waals surface area contributed by atoms with E-state index in [0.29, 0.717) is 11.5 Å². The van der Waals surface area contributed by atoms with Gasteiger partial charge in [-0.05, 0) is 43.4 Å². The normalized spacial score (nSPS) is 13.1. The van der Waals surface area contributed by atoms with Crippen LogP contribution in [0.25, 0.3) is 11.3 Å². The molecule has 0 N–H and O–H groups in total. The van der Waals surface area contributed by atoms with Crippen molar-refractivity contribution in [2.75, 3.05) is 0 Å². The van der Waals surface area contributed by atoms with Crippen LogP contribution >= 0.6 is 0 Å². The van der Waals surface area contributed by atoms with E-state index in [-0.39, 0.29) is 0 Å². The molecule has 3 heteroatoms. The molecule has 1 aliphatic rings. The number of fused-ring (bicyclic) bond motifs is 1. The quantitative estimate of drug-likeness (QED) is 0.763. The Labute approximate surface area is 106 Å². The summed E-state index contributed by atoms with van der Waals surface area (Å²) in [6, 6.07) is 10.3. The highest BCUT2D eigenvalue weighted by atomic mass is 14.9. The van der Waals surface area contributed by atoms with Gasteiger partial charge in [0.05, 0.1) is 5.69 Å². The summed E-state index contributed by atoms with van der Waals surface area (Å²) in [5.74, 6) is 0.643. The standard InChI is InChI=1S/C15H13N3/c1-10-17-14(9-16)8-15(18-10)13-6-5-11-3-2-4-12(11)7-13/h5-8H,2-4H2,1H3. The Hall–Kier alpha value is -2.21.